The lowest BCUT2D eigenvalue weighted by atomic mass is 9.92. The first-order valence-electron chi connectivity index (χ1n) is 8.44. The second-order valence-corrected chi connectivity index (χ2v) is 6.31. The standard InChI is InChI=1S/C20H21FO3/c21-18-13-16(20(22)23)9-12-19(18)24-17-10-7-15(8-11-17)14-5-3-1-2-4-6-14/h7-14H,1-6H2,(H,22,23). The molecule has 24 heavy (non-hydrogen) atoms. The summed E-state index contributed by atoms with van der Waals surface area (Å²) >= 11 is 0. The van der Waals surface area contributed by atoms with Gasteiger partial charge in [0.05, 0.1) is 5.56 Å². The number of halogens is 1. The molecule has 1 aliphatic rings. The Labute approximate surface area is 141 Å². The molecule has 1 N–H and O–H groups in total. The van der Waals surface area contributed by atoms with Gasteiger partial charge in [0.15, 0.2) is 11.6 Å². The predicted molar refractivity (Wildman–Crippen MR) is 90.3 cm³/mol. The molecule has 126 valence electrons. The van der Waals surface area contributed by atoms with Crippen LogP contribution in [0.5, 0.6) is 11.5 Å². The van der Waals surface area contributed by atoms with Crippen molar-refractivity contribution in [3.05, 3.63) is 59.4 Å². The van der Waals surface area contributed by atoms with Crippen LogP contribution in [0, 0.1) is 5.82 Å². The number of carboxylic acids is 1. The van der Waals surface area contributed by atoms with E-state index in [2.05, 4.69) is 12.1 Å². The number of ether oxygens (including phenoxy) is 1. The molecule has 2 aromatic carbocycles. The molecule has 0 spiro atoms. The van der Waals surface area contributed by atoms with E-state index < -0.39 is 11.8 Å². The zero-order chi connectivity index (χ0) is 16.9. The Bertz CT molecular complexity index is 701. The second kappa shape index (κ2) is 7.47. The third-order valence-corrected chi connectivity index (χ3v) is 4.61. The third kappa shape index (κ3) is 3.94. The largest absolute Gasteiger partial charge is 0.478 e. The van der Waals surface area contributed by atoms with Crippen LogP contribution in [-0.2, 0) is 0 Å². The van der Waals surface area contributed by atoms with Gasteiger partial charge in [-0.2, -0.15) is 0 Å². The fraction of sp³-hybridized carbons (Fsp3) is 0.350. The van der Waals surface area contributed by atoms with Gasteiger partial charge in [0.25, 0.3) is 0 Å². The van der Waals surface area contributed by atoms with Crippen LogP contribution in [-0.4, -0.2) is 11.1 Å². The Morgan fingerprint density at radius 1 is 1.00 bits per heavy atom. The maximum absolute atomic E-state index is 13.9. The molecule has 4 heteroatoms. The molecule has 0 amide bonds. The summed E-state index contributed by atoms with van der Waals surface area (Å²) in [6.45, 7) is 0. The molecule has 1 saturated carbocycles. The van der Waals surface area contributed by atoms with Gasteiger partial charge in [-0.3, -0.25) is 0 Å². The first-order chi connectivity index (χ1) is 11.6. The molecule has 1 fully saturated rings. The van der Waals surface area contributed by atoms with Crippen LogP contribution in [0.1, 0.15) is 60.4 Å². The van der Waals surface area contributed by atoms with Crippen molar-refractivity contribution >= 4 is 5.97 Å². The van der Waals surface area contributed by atoms with Crippen molar-refractivity contribution in [3.8, 4) is 11.5 Å². The number of carboxylic acid groups (broad SMARTS) is 1. The SMILES string of the molecule is O=C(O)c1ccc(Oc2ccc(C3CCCCCC3)cc2)c(F)c1. The number of aromatic carboxylic acids is 1. The number of benzene rings is 2. The highest BCUT2D eigenvalue weighted by Gasteiger charge is 2.15. The van der Waals surface area contributed by atoms with E-state index in [0.29, 0.717) is 11.7 Å². The summed E-state index contributed by atoms with van der Waals surface area (Å²) in [4.78, 5) is 10.8. The van der Waals surface area contributed by atoms with E-state index in [1.165, 1.54) is 56.2 Å². The molecule has 0 saturated heterocycles. The summed E-state index contributed by atoms with van der Waals surface area (Å²) in [6.07, 6.45) is 7.66. The molecule has 0 radical (unpaired) electrons. The summed E-state index contributed by atoms with van der Waals surface area (Å²) in [5.41, 5.74) is 1.22. The fourth-order valence-corrected chi connectivity index (χ4v) is 3.26. The van der Waals surface area contributed by atoms with Crippen LogP contribution in [0.4, 0.5) is 4.39 Å². The summed E-state index contributed by atoms with van der Waals surface area (Å²) in [5.74, 6) is -0.652. The molecule has 0 heterocycles. The molecular weight excluding hydrogens is 307 g/mol. The van der Waals surface area contributed by atoms with Crippen molar-refractivity contribution in [3.63, 3.8) is 0 Å². The van der Waals surface area contributed by atoms with E-state index in [4.69, 9.17) is 9.84 Å². The molecule has 3 rings (SSSR count). The van der Waals surface area contributed by atoms with E-state index in [0.717, 1.165) is 6.07 Å². The fourth-order valence-electron chi connectivity index (χ4n) is 3.26. The minimum absolute atomic E-state index is 0.0298. The summed E-state index contributed by atoms with van der Waals surface area (Å²) in [6, 6.07) is 11.5. The molecule has 0 aliphatic heterocycles. The second-order valence-electron chi connectivity index (χ2n) is 6.31. The monoisotopic (exact) mass is 328 g/mol. The maximum atomic E-state index is 13.9. The van der Waals surface area contributed by atoms with Gasteiger partial charge in [0.1, 0.15) is 5.75 Å². The number of carbonyl (C=O) groups is 1. The van der Waals surface area contributed by atoms with Crippen molar-refractivity contribution in [1.82, 2.24) is 0 Å². The van der Waals surface area contributed by atoms with Crippen molar-refractivity contribution < 1.29 is 19.0 Å². The van der Waals surface area contributed by atoms with Gasteiger partial charge < -0.3 is 9.84 Å². The summed E-state index contributed by atoms with van der Waals surface area (Å²) < 4.78 is 19.5. The lowest BCUT2D eigenvalue weighted by molar-refractivity contribution is 0.0696. The highest BCUT2D eigenvalue weighted by Crippen LogP contribution is 2.33. The van der Waals surface area contributed by atoms with E-state index in [9.17, 15) is 9.18 Å². The van der Waals surface area contributed by atoms with Crippen LogP contribution < -0.4 is 4.74 Å². The molecule has 2 aromatic rings. The van der Waals surface area contributed by atoms with Crippen LogP contribution in [0.25, 0.3) is 0 Å². The minimum atomic E-state index is -1.16. The molecule has 0 atom stereocenters. The van der Waals surface area contributed by atoms with Gasteiger partial charge in [-0.15, -0.1) is 0 Å². The average molecular weight is 328 g/mol. The smallest absolute Gasteiger partial charge is 0.335 e. The van der Waals surface area contributed by atoms with Crippen molar-refractivity contribution in [2.75, 3.05) is 0 Å². The first-order valence-corrected chi connectivity index (χ1v) is 8.44. The van der Waals surface area contributed by atoms with Crippen molar-refractivity contribution in [1.29, 1.82) is 0 Å². The number of rotatable bonds is 4. The highest BCUT2D eigenvalue weighted by molar-refractivity contribution is 5.87. The van der Waals surface area contributed by atoms with Crippen molar-refractivity contribution in [2.45, 2.75) is 44.4 Å². The first kappa shape index (κ1) is 16.5. The Balaban J connectivity index is 1.71. The summed E-state index contributed by atoms with van der Waals surface area (Å²) in [5, 5.41) is 8.86. The van der Waals surface area contributed by atoms with Crippen LogP contribution >= 0.6 is 0 Å². The predicted octanol–water partition coefficient (Wildman–Crippen LogP) is 5.75. The molecule has 0 unspecified atom stereocenters. The van der Waals surface area contributed by atoms with E-state index >= 15 is 0 Å². The van der Waals surface area contributed by atoms with Gasteiger partial charge in [0.2, 0.25) is 0 Å². The Morgan fingerprint density at radius 3 is 2.25 bits per heavy atom. The summed E-state index contributed by atoms with van der Waals surface area (Å²) in [7, 11) is 0. The molecule has 1 aliphatic carbocycles. The molecule has 0 bridgehead atoms. The van der Waals surface area contributed by atoms with Gasteiger partial charge in [-0.25, -0.2) is 9.18 Å². The van der Waals surface area contributed by atoms with E-state index in [1.54, 1.807) is 0 Å². The Hall–Kier alpha value is -2.36. The molecular formula is C20H21FO3. The molecule has 0 aromatic heterocycles. The van der Waals surface area contributed by atoms with Crippen molar-refractivity contribution in [2.24, 2.45) is 0 Å². The maximum Gasteiger partial charge on any atom is 0.335 e. The topological polar surface area (TPSA) is 46.5 Å². The van der Waals surface area contributed by atoms with E-state index in [1.807, 2.05) is 12.1 Å². The Morgan fingerprint density at radius 2 is 1.67 bits per heavy atom. The van der Waals surface area contributed by atoms with Gasteiger partial charge in [-0.1, -0.05) is 37.8 Å². The lowest BCUT2D eigenvalue weighted by Gasteiger charge is -2.15. The third-order valence-electron chi connectivity index (χ3n) is 4.61. The number of hydrogen-bond acceptors (Lipinski definition) is 2. The minimum Gasteiger partial charge on any atom is -0.478 e. The van der Waals surface area contributed by atoms with Crippen LogP contribution in [0.3, 0.4) is 0 Å². The molecule has 3 nitrogen and oxygen atoms in total. The Kier molecular flexibility index (Phi) is 5.14. The van der Waals surface area contributed by atoms with Gasteiger partial charge in [-0.05, 0) is 54.7 Å². The van der Waals surface area contributed by atoms with E-state index in [-0.39, 0.29) is 11.3 Å². The van der Waals surface area contributed by atoms with Crippen LogP contribution in [0.15, 0.2) is 42.5 Å². The van der Waals surface area contributed by atoms with Crippen LogP contribution in [0.2, 0.25) is 0 Å². The normalized spacial score (nSPS) is 15.7. The zero-order valence-electron chi connectivity index (χ0n) is 13.5. The quantitative estimate of drug-likeness (QED) is 0.726. The van der Waals surface area contributed by atoms with Gasteiger partial charge >= 0.3 is 5.97 Å². The average Bonchev–Trinajstić information content (AvgIpc) is 2.86. The number of hydrogen-bond donors (Lipinski definition) is 1. The zero-order valence-corrected chi connectivity index (χ0v) is 13.5. The van der Waals surface area contributed by atoms with Gasteiger partial charge in [0, 0.05) is 0 Å². The highest BCUT2D eigenvalue weighted by atomic mass is 19.1. The lowest BCUT2D eigenvalue weighted by Crippen LogP contribution is -1.99.